The first-order valence-electron chi connectivity index (χ1n) is 17.4. The van der Waals surface area contributed by atoms with Crippen LogP contribution in [0, 0.1) is 0 Å². The molecule has 51 heavy (non-hydrogen) atoms. The van der Waals surface area contributed by atoms with Gasteiger partial charge in [0, 0.05) is 42.9 Å². The molecular weight excluding hydrogens is 637 g/mol. The lowest BCUT2D eigenvalue weighted by atomic mass is 9.97. The van der Waals surface area contributed by atoms with Crippen molar-refractivity contribution in [3.05, 3.63) is 194 Å². The lowest BCUT2D eigenvalue weighted by Crippen LogP contribution is -2.13. The van der Waals surface area contributed by atoms with E-state index in [1.54, 1.807) is 0 Å². The molecule has 0 bridgehead atoms. The third-order valence-corrected chi connectivity index (χ3v) is 11.2. The summed E-state index contributed by atoms with van der Waals surface area (Å²) in [6.45, 7) is 0. The van der Waals surface area contributed by atoms with Gasteiger partial charge in [0.2, 0.25) is 0 Å². The molecule has 10 aromatic rings. The highest BCUT2D eigenvalue weighted by molar-refractivity contribution is 7.26. The minimum absolute atomic E-state index is 1.12. The van der Waals surface area contributed by atoms with Gasteiger partial charge in [-0.15, -0.1) is 11.3 Å². The van der Waals surface area contributed by atoms with Crippen molar-refractivity contribution in [3.63, 3.8) is 0 Å². The number of aromatic nitrogens is 1. The number of fused-ring (bicyclic) bond motifs is 6. The van der Waals surface area contributed by atoms with Crippen LogP contribution in [0.1, 0.15) is 0 Å². The van der Waals surface area contributed by atoms with E-state index < -0.39 is 0 Å². The predicted molar refractivity (Wildman–Crippen MR) is 219 cm³/mol. The van der Waals surface area contributed by atoms with Crippen molar-refractivity contribution in [1.29, 1.82) is 0 Å². The average Bonchev–Trinajstić information content (AvgIpc) is 3.75. The molecule has 2 nitrogen and oxygen atoms in total. The highest BCUT2D eigenvalue weighted by atomic mass is 32.1. The van der Waals surface area contributed by atoms with Crippen LogP contribution in [0.5, 0.6) is 0 Å². The third kappa shape index (κ3) is 4.78. The number of benzene rings is 8. The molecule has 0 atom stereocenters. The maximum Gasteiger partial charge on any atom is 0.0640 e. The normalized spacial score (nSPS) is 11.5. The Labute approximate surface area is 300 Å². The molecule has 0 saturated carbocycles. The second-order valence-corrected chi connectivity index (χ2v) is 13.9. The molecule has 240 valence electrons. The minimum Gasteiger partial charge on any atom is -0.309 e. The largest absolute Gasteiger partial charge is 0.309 e. The van der Waals surface area contributed by atoms with Crippen LogP contribution in [0.15, 0.2) is 194 Å². The molecular formula is C48H32N2S. The first-order valence-corrected chi connectivity index (χ1v) is 18.2. The lowest BCUT2D eigenvalue weighted by Gasteiger charge is -2.30. The van der Waals surface area contributed by atoms with E-state index in [9.17, 15) is 0 Å². The van der Waals surface area contributed by atoms with Crippen molar-refractivity contribution in [1.82, 2.24) is 4.57 Å². The van der Waals surface area contributed by atoms with Gasteiger partial charge in [0.1, 0.15) is 0 Å². The SMILES string of the molecule is c1ccc(-c2ccccc2N(c2ccccc2-c2ccccc2-n2c3ccccc3c3ccccc32)c2cccc3c2sc2ccccc23)cc1. The first kappa shape index (κ1) is 29.5. The van der Waals surface area contributed by atoms with Crippen LogP contribution in [0.3, 0.4) is 0 Å². The monoisotopic (exact) mass is 668 g/mol. The molecule has 2 heterocycles. The molecule has 0 aliphatic carbocycles. The fourth-order valence-corrected chi connectivity index (χ4v) is 9.01. The fraction of sp³-hybridized carbons (Fsp3) is 0. The molecule has 3 heteroatoms. The van der Waals surface area contributed by atoms with Crippen molar-refractivity contribution in [2.45, 2.75) is 0 Å². The highest BCUT2D eigenvalue weighted by Crippen LogP contribution is 2.50. The van der Waals surface area contributed by atoms with E-state index in [4.69, 9.17) is 0 Å². The molecule has 0 saturated heterocycles. The maximum atomic E-state index is 2.50. The maximum absolute atomic E-state index is 2.50. The second-order valence-electron chi connectivity index (χ2n) is 12.9. The Kier molecular flexibility index (Phi) is 7.04. The Morgan fingerprint density at radius 1 is 0.353 bits per heavy atom. The zero-order valence-electron chi connectivity index (χ0n) is 27.8. The molecule has 0 aliphatic rings. The van der Waals surface area contributed by atoms with Gasteiger partial charge in [-0.1, -0.05) is 152 Å². The molecule has 8 aromatic carbocycles. The number of nitrogens with zero attached hydrogens (tertiary/aromatic N) is 2. The van der Waals surface area contributed by atoms with E-state index in [0.29, 0.717) is 0 Å². The highest BCUT2D eigenvalue weighted by Gasteiger charge is 2.24. The van der Waals surface area contributed by atoms with Crippen LogP contribution in [0.4, 0.5) is 17.1 Å². The van der Waals surface area contributed by atoms with Crippen LogP contribution < -0.4 is 4.90 Å². The van der Waals surface area contributed by atoms with Gasteiger partial charge in [-0.25, -0.2) is 0 Å². The summed E-state index contributed by atoms with van der Waals surface area (Å²) in [5.41, 5.74) is 11.7. The van der Waals surface area contributed by atoms with E-state index >= 15 is 0 Å². The third-order valence-electron chi connectivity index (χ3n) is 10.0. The van der Waals surface area contributed by atoms with Gasteiger partial charge in [-0.2, -0.15) is 0 Å². The predicted octanol–water partition coefficient (Wildman–Crippen LogP) is 14.0. The Bertz CT molecular complexity index is 2830. The van der Waals surface area contributed by atoms with E-state index in [-0.39, 0.29) is 0 Å². The van der Waals surface area contributed by atoms with Gasteiger partial charge in [0.25, 0.3) is 0 Å². The van der Waals surface area contributed by atoms with Crippen molar-refractivity contribution in [3.8, 4) is 27.9 Å². The Morgan fingerprint density at radius 2 is 0.863 bits per heavy atom. The lowest BCUT2D eigenvalue weighted by molar-refractivity contribution is 1.18. The van der Waals surface area contributed by atoms with Gasteiger partial charge in [-0.05, 0) is 48.0 Å². The van der Waals surface area contributed by atoms with Crippen LogP contribution in [-0.2, 0) is 0 Å². The molecule has 10 rings (SSSR count). The Balaban J connectivity index is 1.28. The molecule has 0 aliphatic heterocycles. The van der Waals surface area contributed by atoms with Gasteiger partial charge in [0.05, 0.1) is 38.5 Å². The quantitative estimate of drug-likeness (QED) is 0.171. The summed E-state index contributed by atoms with van der Waals surface area (Å²) in [6, 6.07) is 70.4. The molecule has 0 N–H and O–H groups in total. The van der Waals surface area contributed by atoms with E-state index in [1.807, 2.05) is 11.3 Å². The van der Waals surface area contributed by atoms with Crippen LogP contribution in [0.2, 0.25) is 0 Å². The van der Waals surface area contributed by atoms with Crippen LogP contribution in [0.25, 0.3) is 69.9 Å². The van der Waals surface area contributed by atoms with Crippen LogP contribution in [-0.4, -0.2) is 4.57 Å². The molecule has 2 aromatic heterocycles. The summed E-state index contributed by atoms with van der Waals surface area (Å²) in [7, 11) is 0. The van der Waals surface area contributed by atoms with E-state index in [1.165, 1.54) is 64.4 Å². The molecule has 0 spiro atoms. The second kappa shape index (κ2) is 12.2. The van der Waals surface area contributed by atoms with Crippen molar-refractivity contribution >= 4 is 70.4 Å². The smallest absolute Gasteiger partial charge is 0.0640 e. The summed E-state index contributed by atoms with van der Waals surface area (Å²) >= 11 is 1.87. The summed E-state index contributed by atoms with van der Waals surface area (Å²) < 4.78 is 5.00. The minimum atomic E-state index is 1.12. The molecule has 0 radical (unpaired) electrons. The molecule has 0 unspecified atom stereocenters. The van der Waals surface area contributed by atoms with Gasteiger partial charge in [-0.3, -0.25) is 0 Å². The van der Waals surface area contributed by atoms with Crippen molar-refractivity contribution < 1.29 is 0 Å². The Morgan fingerprint density at radius 3 is 1.61 bits per heavy atom. The Hall–Kier alpha value is -6.42. The van der Waals surface area contributed by atoms with Crippen LogP contribution >= 0.6 is 11.3 Å². The fourth-order valence-electron chi connectivity index (χ4n) is 7.80. The number of anilines is 3. The standard InChI is InChI=1S/C48H32N2S/c1-2-17-33(18-3-1)34-19-4-10-26-41(34)50(46-31-16-25-40-39-24-9-15-32-47(39)51-48(40)46)45-30-14-8-23-38(45)37-22-7-13-29-44(37)49-42-27-11-5-20-35(42)36-21-6-12-28-43(36)49/h1-32H. The van der Waals surface area contributed by atoms with E-state index in [0.717, 1.165) is 22.6 Å². The number of rotatable bonds is 6. The van der Waals surface area contributed by atoms with E-state index in [2.05, 4.69) is 204 Å². The summed E-state index contributed by atoms with van der Waals surface area (Å²) in [6.07, 6.45) is 0. The number of para-hydroxylation sites is 5. The topological polar surface area (TPSA) is 8.17 Å². The van der Waals surface area contributed by atoms with Crippen molar-refractivity contribution in [2.24, 2.45) is 0 Å². The number of thiophene rings is 1. The zero-order chi connectivity index (χ0) is 33.7. The van der Waals surface area contributed by atoms with Gasteiger partial charge in [0.15, 0.2) is 0 Å². The number of hydrogen-bond acceptors (Lipinski definition) is 2. The first-order chi connectivity index (χ1) is 25.3. The molecule has 0 fully saturated rings. The average molecular weight is 669 g/mol. The van der Waals surface area contributed by atoms with Gasteiger partial charge >= 0.3 is 0 Å². The summed E-state index contributed by atoms with van der Waals surface area (Å²) in [4.78, 5) is 2.50. The number of hydrogen-bond donors (Lipinski definition) is 0. The zero-order valence-corrected chi connectivity index (χ0v) is 28.6. The summed E-state index contributed by atoms with van der Waals surface area (Å²) in [5, 5.41) is 5.08. The van der Waals surface area contributed by atoms with Crippen molar-refractivity contribution in [2.75, 3.05) is 4.90 Å². The van der Waals surface area contributed by atoms with Gasteiger partial charge < -0.3 is 9.47 Å². The molecule has 0 amide bonds. The summed E-state index contributed by atoms with van der Waals surface area (Å²) in [5.74, 6) is 0.